The van der Waals surface area contributed by atoms with Crippen LogP contribution in [0.5, 0.6) is 0 Å². The summed E-state index contributed by atoms with van der Waals surface area (Å²) in [5, 5.41) is 2.39. The molecule has 0 aromatic rings. The Balaban J connectivity index is 5.15. The van der Waals surface area contributed by atoms with Gasteiger partial charge in [-0.15, -0.1) is 0 Å². The first kappa shape index (κ1) is 22.8. The van der Waals surface area contributed by atoms with Crippen molar-refractivity contribution < 1.29 is 42.9 Å². The zero-order chi connectivity index (χ0) is 19.4. The standard InChI is InChI=1S/C15H25NO9/c1-9(11(13(18)22-3)14(19)23-4)12(15(20)24-5)16-10(17)8-25-7-6-21-2/h9,11-12H,6-8H2,1-5H3,(H,16,17)/t9-,12+/m0/s1. The Bertz CT molecular complexity index is 450. The van der Waals surface area contributed by atoms with Crippen LogP contribution in [0.1, 0.15) is 6.92 Å². The molecule has 0 saturated heterocycles. The average molecular weight is 363 g/mol. The van der Waals surface area contributed by atoms with Crippen LogP contribution >= 0.6 is 0 Å². The third kappa shape index (κ3) is 7.48. The van der Waals surface area contributed by atoms with E-state index >= 15 is 0 Å². The van der Waals surface area contributed by atoms with Crippen molar-refractivity contribution in [1.29, 1.82) is 0 Å². The molecule has 0 aromatic heterocycles. The number of hydrogen-bond donors (Lipinski definition) is 1. The molecule has 10 nitrogen and oxygen atoms in total. The first-order valence-electron chi connectivity index (χ1n) is 7.43. The topological polar surface area (TPSA) is 126 Å². The van der Waals surface area contributed by atoms with Gasteiger partial charge in [-0.2, -0.15) is 0 Å². The Hall–Kier alpha value is -2.20. The molecule has 25 heavy (non-hydrogen) atoms. The van der Waals surface area contributed by atoms with E-state index in [0.717, 1.165) is 21.3 Å². The van der Waals surface area contributed by atoms with Crippen molar-refractivity contribution in [2.75, 3.05) is 48.3 Å². The minimum absolute atomic E-state index is 0.190. The van der Waals surface area contributed by atoms with Gasteiger partial charge in [0.2, 0.25) is 5.91 Å². The highest BCUT2D eigenvalue weighted by Gasteiger charge is 2.42. The van der Waals surface area contributed by atoms with Crippen LogP contribution in [0.25, 0.3) is 0 Å². The molecule has 0 aromatic carbocycles. The van der Waals surface area contributed by atoms with Crippen molar-refractivity contribution in [1.82, 2.24) is 5.32 Å². The van der Waals surface area contributed by atoms with Gasteiger partial charge in [0.25, 0.3) is 0 Å². The first-order chi connectivity index (χ1) is 11.8. The number of esters is 3. The molecule has 144 valence electrons. The number of carbonyl (C=O) groups excluding carboxylic acids is 4. The molecule has 0 rings (SSSR count). The van der Waals surface area contributed by atoms with Gasteiger partial charge in [-0.25, -0.2) is 4.79 Å². The number of hydrogen-bond acceptors (Lipinski definition) is 9. The van der Waals surface area contributed by atoms with Gasteiger partial charge in [-0.05, 0) is 0 Å². The maximum absolute atomic E-state index is 12.0. The van der Waals surface area contributed by atoms with Crippen LogP contribution in [-0.4, -0.2) is 78.1 Å². The minimum atomic E-state index is -1.41. The third-order valence-corrected chi connectivity index (χ3v) is 3.40. The molecule has 0 radical (unpaired) electrons. The summed E-state index contributed by atoms with van der Waals surface area (Å²) in [6, 6.07) is -1.27. The van der Waals surface area contributed by atoms with Crippen LogP contribution in [0.2, 0.25) is 0 Å². The Morgan fingerprint density at radius 2 is 1.36 bits per heavy atom. The molecular weight excluding hydrogens is 338 g/mol. The molecular formula is C15H25NO9. The lowest BCUT2D eigenvalue weighted by Gasteiger charge is -2.27. The van der Waals surface area contributed by atoms with Crippen LogP contribution in [-0.2, 0) is 42.9 Å². The molecule has 2 atom stereocenters. The lowest BCUT2D eigenvalue weighted by atomic mass is 9.87. The lowest BCUT2D eigenvalue weighted by Crippen LogP contribution is -2.51. The fourth-order valence-corrected chi connectivity index (χ4v) is 2.03. The summed E-state index contributed by atoms with van der Waals surface area (Å²) in [6.45, 7) is 1.59. The molecule has 0 saturated carbocycles. The van der Waals surface area contributed by atoms with Crippen molar-refractivity contribution in [2.45, 2.75) is 13.0 Å². The fourth-order valence-electron chi connectivity index (χ4n) is 2.03. The molecule has 0 heterocycles. The van der Waals surface area contributed by atoms with E-state index in [9.17, 15) is 19.2 Å². The van der Waals surface area contributed by atoms with E-state index in [1.807, 2.05) is 0 Å². The van der Waals surface area contributed by atoms with E-state index in [1.54, 1.807) is 0 Å². The largest absolute Gasteiger partial charge is 0.468 e. The molecule has 0 fully saturated rings. The van der Waals surface area contributed by atoms with Gasteiger partial charge in [0.05, 0.1) is 34.5 Å². The zero-order valence-electron chi connectivity index (χ0n) is 15.0. The summed E-state index contributed by atoms with van der Waals surface area (Å²) < 4.78 is 23.6. The zero-order valence-corrected chi connectivity index (χ0v) is 15.0. The van der Waals surface area contributed by atoms with Gasteiger partial charge in [-0.3, -0.25) is 14.4 Å². The highest BCUT2D eigenvalue weighted by Crippen LogP contribution is 2.20. The molecule has 1 amide bonds. The van der Waals surface area contributed by atoms with Gasteiger partial charge < -0.3 is 29.0 Å². The SMILES string of the molecule is COCCOCC(=O)N[C@@H](C(=O)OC)[C@@H](C)C(C(=O)OC)C(=O)OC. The van der Waals surface area contributed by atoms with Gasteiger partial charge in [0.1, 0.15) is 12.6 Å². The quantitative estimate of drug-likeness (QED) is 0.211. The van der Waals surface area contributed by atoms with Gasteiger partial charge in [-0.1, -0.05) is 6.92 Å². The van der Waals surface area contributed by atoms with Gasteiger partial charge >= 0.3 is 17.9 Å². The highest BCUT2D eigenvalue weighted by atomic mass is 16.5. The molecule has 0 aliphatic carbocycles. The molecule has 0 spiro atoms. The number of amides is 1. The van der Waals surface area contributed by atoms with Crippen molar-refractivity contribution >= 4 is 23.8 Å². The summed E-state index contributed by atoms with van der Waals surface area (Å²) >= 11 is 0. The normalized spacial score (nSPS) is 12.9. The first-order valence-corrected chi connectivity index (χ1v) is 7.43. The van der Waals surface area contributed by atoms with Crippen LogP contribution in [0.3, 0.4) is 0 Å². The predicted octanol–water partition coefficient (Wildman–Crippen LogP) is -1.09. The molecule has 0 bridgehead atoms. The Kier molecular flexibility index (Phi) is 11.1. The second-order valence-electron chi connectivity index (χ2n) is 5.00. The summed E-state index contributed by atoms with van der Waals surface area (Å²) in [7, 11) is 4.80. The van der Waals surface area contributed by atoms with Gasteiger partial charge in [0, 0.05) is 13.0 Å². The number of ether oxygens (including phenoxy) is 5. The molecule has 0 aliphatic rings. The van der Waals surface area contributed by atoms with Gasteiger partial charge in [0.15, 0.2) is 5.92 Å². The second kappa shape index (κ2) is 12.2. The Morgan fingerprint density at radius 3 is 1.80 bits per heavy atom. The summed E-state index contributed by atoms with van der Waals surface area (Å²) in [6.07, 6.45) is 0. The monoisotopic (exact) mass is 363 g/mol. The van der Waals surface area contributed by atoms with Crippen LogP contribution in [0.15, 0.2) is 0 Å². The molecule has 1 N–H and O–H groups in total. The van der Waals surface area contributed by atoms with E-state index in [2.05, 4.69) is 19.5 Å². The summed E-state index contributed by atoms with van der Waals surface area (Å²) in [5.41, 5.74) is 0. The van der Waals surface area contributed by atoms with Crippen LogP contribution in [0.4, 0.5) is 0 Å². The maximum Gasteiger partial charge on any atom is 0.328 e. The molecule has 10 heteroatoms. The third-order valence-electron chi connectivity index (χ3n) is 3.40. The van der Waals surface area contributed by atoms with Crippen LogP contribution in [0, 0.1) is 11.8 Å². The summed E-state index contributed by atoms with van der Waals surface area (Å²) in [4.78, 5) is 47.7. The van der Waals surface area contributed by atoms with Crippen molar-refractivity contribution in [3.8, 4) is 0 Å². The number of nitrogens with one attached hydrogen (secondary N) is 1. The Morgan fingerprint density at radius 1 is 0.840 bits per heavy atom. The van der Waals surface area contributed by atoms with E-state index < -0.39 is 41.7 Å². The number of rotatable bonds is 11. The smallest absolute Gasteiger partial charge is 0.328 e. The van der Waals surface area contributed by atoms with Crippen molar-refractivity contribution in [2.24, 2.45) is 11.8 Å². The molecule has 0 unspecified atom stereocenters. The van der Waals surface area contributed by atoms with Crippen molar-refractivity contribution in [3.05, 3.63) is 0 Å². The van der Waals surface area contributed by atoms with E-state index in [0.29, 0.717) is 6.61 Å². The predicted molar refractivity (Wildman–Crippen MR) is 83.3 cm³/mol. The van der Waals surface area contributed by atoms with Crippen molar-refractivity contribution in [3.63, 3.8) is 0 Å². The second-order valence-corrected chi connectivity index (χ2v) is 5.00. The van der Waals surface area contributed by atoms with E-state index in [4.69, 9.17) is 9.47 Å². The fraction of sp³-hybridized carbons (Fsp3) is 0.733. The van der Waals surface area contributed by atoms with E-state index in [-0.39, 0.29) is 13.2 Å². The van der Waals surface area contributed by atoms with E-state index in [1.165, 1.54) is 14.0 Å². The number of carbonyl (C=O) groups is 4. The minimum Gasteiger partial charge on any atom is -0.468 e. The average Bonchev–Trinajstić information content (AvgIpc) is 2.62. The lowest BCUT2D eigenvalue weighted by molar-refractivity contribution is -0.163. The summed E-state index contributed by atoms with van der Waals surface area (Å²) in [5.74, 6) is -5.61. The number of methoxy groups -OCH3 is 4. The maximum atomic E-state index is 12.0. The highest BCUT2D eigenvalue weighted by molar-refractivity contribution is 5.96. The Labute approximate surface area is 146 Å². The molecule has 0 aliphatic heterocycles. The van der Waals surface area contributed by atoms with Crippen LogP contribution < -0.4 is 5.32 Å².